The molecule has 0 bridgehead atoms. The highest BCUT2D eigenvalue weighted by atomic mass is 19.1. The van der Waals surface area contributed by atoms with E-state index in [1.807, 2.05) is 24.6 Å². The van der Waals surface area contributed by atoms with Gasteiger partial charge in [-0.05, 0) is 50.2 Å². The lowest BCUT2D eigenvalue weighted by molar-refractivity contribution is 0.102. The topological polar surface area (TPSA) is 103 Å². The van der Waals surface area contributed by atoms with E-state index in [0.717, 1.165) is 17.1 Å². The molecule has 0 aliphatic rings. The number of halogens is 1. The Bertz CT molecular complexity index is 1460. The first-order chi connectivity index (χ1) is 15.4. The predicted octanol–water partition coefficient (Wildman–Crippen LogP) is 3.79. The molecule has 5 rings (SSSR count). The van der Waals surface area contributed by atoms with E-state index in [9.17, 15) is 9.18 Å². The molecule has 4 heterocycles. The molecule has 9 nitrogen and oxygen atoms in total. The van der Waals surface area contributed by atoms with Crippen LogP contribution in [0.25, 0.3) is 28.3 Å². The lowest BCUT2D eigenvalue weighted by Crippen LogP contribution is -2.12. The molecule has 0 aliphatic heterocycles. The molecule has 4 aromatic heterocycles. The zero-order valence-electron chi connectivity index (χ0n) is 17.5. The van der Waals surface area contributed by atoms with Crippen LogP contribution in [0.4, 0.5) is 10.2 Å². The quantitative estimate of drug-likeness (QED) is 0.464. The standard InChI is InChI=1S/C22H18FN7O2/c1-12-16(11-32-28-12)22(31)26-18-10-30-19(25-18)9-8-17(27-30)21-20(24-13(2)29(21)3)14-4-6-15(23)7-5-14/h4-11H,1-3H3,(H,26,31). The minimum atomic E-state index is -0.367. The van der Waals surface area contributed by atoms with Gasteiger partial charge in [-0.25, -0.2) is 18.9 Å². The Morgan fingerprint density at radius 1 is 1.09 bits per heavy atom. The zero-order valence-corrected chi connectivity index (χ0v) is 17.5. The van der Waals surface area contributed by atoms with Crippen molar-refractivity contribution < 1.29 is 13.7 Å². The van der Waals surface area contributed by atoms with E-state index >= 15 is 0 Å². The monoisotopic (exact) mass is 431 g/mol. The molecule has 0 saturated heterocycles. The third-order valence-electron chi connectivity index (χ3n) is 5.24. The Balaban J connectivity index is 1.53. The van der Waals surface area contributed by atoms with Crippen molar-refractivity contribution in [3.05, 3.63) is 71.8 Å². The molecule has 0 atom stereocenters. The van der Waals surface area contributed by atoms with Gasteiger partial charge in [-0.15, -0.1) is 0 Å². The van der Waals surface area contributed by atoms with E-state index in [0.29, 0.717) is 34.1 Å². The second-order valence-corrected chi connectivity index (χ2v) is 7.34. The van der Waals surface area contributed by atoms with Crippen molar-refractivity contribution in [1.82, 2.24) is 29.3 Å². The normalized spacial score (nSPS) is 11.2. The Labute approximate surface area is 181 Å². The fourth-order valence-corrected chi connectivity index (χ4v) is 3.48. The van der Waals surface area contributed by atoms with Crippen LogP contribution in [-0.4, -0.2) is 35.2 Å². The molecule has 1 N–H and O–H groups in total. The number of nitrogens with zero attached hydrogens (tertiary/aromatic N) is 6. The average Bonchev–Trinajstić information content (AvgIpc) is 3.45. The maximum absolute atomic E-state index is 13.4. The number of carbonyl (C=O) groups is 1. The van der Waals surface area contributed by atoms with E-state index < -0.39 is 0 Å². The van der Waals surface area contributed by atoms with Crippen molar-refractivity contribution in [1.29, 1.82) is 0 Å². The molecule has 0 unspecified atom stereocenters. The SMILES string of the molecule is Cc1nocc1C(=O)Nc1cn2nc(-c3c(-c4ccc(F)cc4)nc(C)n3C)ccc2n1. The van der Waals surface area contributed by atoms with E-state index in [1.165, 1.54) is 18.4 Å². The molecule has 32 heavy (non-hydrogen) atoms. The first-order valence-corrected chi connectivity index (χ1v) is 9.79. The second-order valence-electron chi connectivity index (χ2n) is 7.34. The number of amides is 1. The molecule has 10 heteroatoms. The molecule has 0 fully saturated rings. The van der Waals surface area contributed by atoms with Crippen LogP contribution < -0.4 is 5.32 Å². The van der Waals surface area contributed by atoms with E-state index in [1.54, 1.807) is 35.8 Å². The summed E-state index contributed by atoms with van der Waals surface area (Å²) in [5.74, 6) is 0.467. The van der Waals surface area contributed by atoms with Crippen LogP contribution in [0.2, 0.25) is 0 Å². The van der Waals surface area contributed by atoms with Gasteiger partial charge in [0.2, 0.25) is 0 Å². The van der Waals surface area contributed by atoms with Gasteiger partial charge in [0.15, 0.2) is 11.5 Å². The van der Waals surface area contributed by atoms with Gasteiger partial charge in [0.05, 0.1) is 23.3 Å². The number of carbonyl (C=O) groups excluding carboxylic acids is 1. The molecule has 0 aliphatic carbocycles. The molecule has 5 aromatic rings. The minimum absolute atomic E-state index is 0.308. The van der Waals surface area contributed by atoms with Crippen LogP contribution >= 0.6 is 0 Å². The summed E-state index contributed by atoms with van der Waals surface area (Å²) in [7, 11) is 1.90. The molecular weight excluding hydrogens is 413 g/mol. The molecule has 0 spiro atoms. The van der Waals surface area contributed by atoms with Crippen LogP contribution in [0.5, 0.6) is 0 Å². The van der Waals surface area contributed by atoms with Gasteiger partial charge >= 0.3 is 0 Å². The second kappa shape index (κ2) is 7.41. The van der Waals surface area contributed by atoms with Crippen molar-refractivity contribution in [3.63, 3.8) is 0 Å². The molecular formula is C22H18FN7O2. The van der Waals surface area contributed by atoms with Crippen molar-refractivity contribution in [3.8, 4) is 22.6 Å². The number of anilines is 1. The first-order valence-electron chi connectivity index (χ1n) is 9.79. The Kier molecular flexibility index (Phi) is 4.54. The summed E-state index contributed by atoms with van der Waals surface area (Å²) in [6.45, 7) is 3.58. The van der Waals surface area contributed by atoms with Crippen molar-refractivity contribution in [2.45, 2.75) is 13.8 Å². The number of fused-ring (bicyclic) bond motifs is 1. The van der Waals surface area contributed by atoms with Gasteiger partial charge in [-0.2, -0.15) is 5.10 Å². The third-order valence-corrected chi connectivity index (χ3v) is 5.24. The third kappa shape index (κ3) is 3.31. The van der Waals surface area contributed by atoms with Gasteiger partial charge in [-0.1, -0.05) is 5.16 Å². The smallest absolute Gasteiger partial charge is 0.262 e. The zero-order chi connectivity index (χ0) is 22.4. The van der Waals surface area contributed by atoms with Gasteiger partial charge in [0.25, 0.3) is 5.91 Å². The number of hydrogen-bond donors (Lipinski definition) is 1. The summed E-state index contributed by atoms with van der Waals surface area (Å²) in [4.78, 5) is 21.5. The van der Waals surface area contributed by atoms with E-state index in [-0.39, 0.29) is 11.7 Å². The molecule has 0 saturated carbocycles. The summed E-state index contributed by atoms with van der Waals surface area (Å²) in [6.07, 6.45) is 2.92. The Hall–Kier alpha value is -4.34. The lowest BCUT2D eigenvalue weighted by atomic mass is 10.1. The van der Waals surface area contributed by atoms with Gasteiger partial charge < -0.3 is 14.4 Å². The maximum Gasteiger partial charge on any atom is 0.262 e. The number of imidazole rings is 2. The lowest BCUT2D eigenvalue weighted by Gasteiger charge is -2.07. The summed E-state index contributed by atoms with van der Waals surface area (Å²) < 4.78 is 21.7. The summed E-state index contributed by atoms with van der Waals surface area (Å²) in [5.41, 5.74) is 4.33. The van der Waals surface area contributed by atoms with Crippen LogP contribution in [0.3, 0.4) is 0 Å². The number of aryl methyl sites for hydroxylation is 2. The largest absolute Gasteiger partial charge is 0.364 e. The highest BCUT2D eigenvalue weighted by molar-refractivity contribution is 6.04. The first kappa shape index (κ1) is 19.6. The predicted molar refractivity (Wildman–Crippen MR) is 115 cm³/mol. The fourth-order valence-electron chi connectivity index (χ4n) is 3.48. The van der Waals surface area contributed by atoms with Crippen LogP contribution in [0.15, 0.2) is 53.4 Å². The minimum Gasteiger partial charge on any atom is -0.364 e. The van der Waals surface area contributed by atoms with Gasteiger partial charge in [0.1, 0.15) is 29.2 Å². The van der Waals surface area contributed by atoms with Crippen molar-refractivity contribution in [2.75, 3.05) is 5.32 Å². The summed E-state index contributed by atoms with van der Waals surface area (Å²) in [5, 5.41) is 11.1. The van der Waals surface area contributed by atoms with Crippen molar-refractivity contribution >= 4 is 17.4 Å². The summed E-state index contributed by atoms with van der Waals surface area (Å²) >= 11 is 0. The number of benzene rings is 1. The average molecular weight is 431 g/mol. The number of hydrogen-bond acceptors (Lipinski definition) is 6. The van der Waals surface area contributed by atoms with Crippen molar-refractivity contribution in [2.24, 2.45) is 7.05 Å². The van der Waals surface area contributed by atoms with Crippen LogP contribution in [0, 0.1) is 19.7 Å². The van der Waals surface area contributed by atoms with Gasteiger partial charge in [0, 0.05) is 12.6 Å². The Morgan fingerprint density at radius 3 is 2.59 bits per heavy atom. The highest BCUT2D eigenvalue weighted by Crippen LogP contribution is 2.31. The molecule has 1 aromatic carbocycles. The molecule has 0 radical (unpaired) electrons. The highest BCUT2D eigenvalue weighted by Gasteiger charge is 2.19. The van der Waals surface area contributed by atoms with Crippen LogP contribution in [0.1, 0.15) is 21.9 Å². The van der Waals surface area contributed by atoms with Gasteiger partial charge in [-0.3, -0.25) is 4.79 Å². The Morgan fingerprint density at radius 2 is 1.88 bits per heavy atom. The fraction of sp³-hybridized carbons (Fsp3) is 0.136. The number of aromatic nitrogens is 6. The molecule has 1 amide bonds. The molecule has 160 valence electrons. The number of nitrogens with one attached hydrogen (secondary N) is 1. The van der Waals surface area contributed by atoms with E-state index in [2.05, 4.69) is 25.5 Å². The maximum atomic E-state index is 13.4. The van der Waals surface area contributed by atoms with Crippen LogP contribution in [-0.2, 0) is 7.05 Å². The van der Waals surface area contributed by atoms with E-state index in [4.69, 9.17) is 4.52 Å². The summed E-state index contributed by atoms with van der Waals surface area (Å²) in [6, 6.07) is 9.83. The number of rotatable bonds is 4.